The monoisotopic (exact) mass is 753 g/mol. The fourth-order valence-electron chi connectivity index (χ4n) is 5.58. The van der Waals surface area contributed by atoms with Gasteiger partial charge in [-0.3, -0.25) is 9.28 Å². The molecule has 0 saturated heterocycles. The maximum atomic E-state index is 13.6. The van der Waals surface area contributed by atoms with Gasteiger partial charge >= 0.3 is 11.9 Å². The summed E-state index contributed by atoms with van der Waals surface area (Å²) in [5.41, 5.74) is 3.73. The van der Waals surface area contributed by atoms with Crippen molar-refractivity contribution in [3.8, 4) is 11.6 Å². The molecule has 1 aliphatic heterocycles. The number of halogens is 1. The summed E-state index contributed by atoms with van der Waals surface area (Å²) in [5.74, 6) is 0.0200. The second-order valence-electron chi connectivity index (χ2n) is 11.5. The van der Waals surface area contributed by atoms with Gasteiger partial charge in [-0.2, -0.15) is 4.37 Å². The first-order valence-electron chi connectivity index (χ1n) is 15.6. The normalized spacial score (nSPS) is 16.4. The highest BCUT2D eigenvalue weighted by atomic mass is 127. The van der Waals surface area contributed by atoms with E-state index in [1.165, 1.54) is 12.8 Å². The van der Waals surface area contributed by atoms with Gasteiger partial charge < -0.3 is 38.2 Å². The number of benzene rings is 3. The topological polar surface area (TPSA) is 87.6 Å². The largest absolute Gasteiger partial charge is 1.00 e. The van der Waals surface area contributed by atoms with Gasteiger partial charge in [0.1, 0.15) is 18.0 Å². The van der Waals surface area contributed by atoms with E-state index in [9.17, 15) is 9.59 Å². The third kappa shape index (κ3) is 9.23. The van der Waals surface area contributed by atoms with E-state index in [0.717, 1.165) is 54.4 Å². The minimum absolute atomic E-state index is 0. The van der Waals surface area contributed by atoms with Gasteiger partial charge in [0.15, 0.2) is 0 Å². The maximum absolute atomic E-state index is 13.6. The second-order valence-corrected chi connectivity index (χ2v) is 12.0. The van der Waals surface area contributed by atoms with E-state index in [4.69, 9.17) is 14.2 Å². The summed E-state index contributed by atoms with van der Waals surface area (Å²) < 4.78 is 27.6. The molecule has 46 heavy (non-hydrogen) atoms. The number of aromatic nitrogens is 2. The third-order valence-corrected chi connectivity index (χ3v) is 8.49. The van der Waals surface area contributed by atoms with Crippen molar-refractivity contribution in [1.82, 2.24) is 8.75 Å². The van der Waals surface area contributed by atoms with Crippen LogP contribution >= 0.6 is 11.7 Å². The van der Waals surface area contributed by atoms with Crippen molar-refractivity contribution < 1.29 is 52.3 Å². The molecule has 2 unspecified atom stereocenters. The van der Waals surface area contributed by atoms with Crippen molar-refractivity contribution in [2.75, 3.05) is 26.7 Å². The molecule has 2 atom stereocenters. The average molecular weight is 754 g/mol. The summed E-state index contributed by atoms with van der Waals surface area (Å²) in [6.07, 6.45) is 6.86. The zero-order valence-corrected chi connectivity index (χ0v) is 29.2. The van der Waals surface area contributed by atoms with Gasteiger partial charge in [0.25, 0.3) is 12.1 Å². The van der Waals surface area contributed by atoms with Gasteiger partial charge in [-0.05, 0) is 36.8 Å². The third-order valence-electron chi connectivity index (χ3n) is 7.97. The van der Waals surface area contributed by atoms with Gasteiger partial charge in [-0.15, -0.1) is 4.37 Å². The summed E-state index contributed by atoms with van der Waals surface area (Å²) in [6, 6.07) is 25.7. The molecule has 1 aromatic heterocycles. The Kier molecular flexibility index (Phi) is 13.3. The minimum atomic E-state index is -0.563. The summed E-state index contributed by atoms with van der Waals surface area (Å²) in [4.78, 5) is 26.4. The van der Waals surface area contributed by atoms with Crippen molar-refractivity contribution in [1.29, 1.82) is 0 Å². The molecule has 10 heteroatoms. The molecule has 4 aromatic rings. The van der Waals surface area contributed by atoms with Gasteiger partial charge in [0.2, 0.25) is 0 Å². The van der Waals surface area contributed by atoms with Crippen LogP contribution in [0.25, 0.3) is 5.57 Å². The van der Waals surface area contributed by atoms with Crippen LogP contribution in [0.1, 0.15) is 72.4 Å². The standard InChI is InChI=1S/C36H40N3O5S.HI/c1-3-4-5-14-24-42-34-33(37-45-38-34)30-21-15-23-39(2,26-30)35(27-16-8-6-9-17-27)44-32(40)25-29-20-12-13-22-31(29)43-36(41)28-18-10-7-11-19-28;/h6-13,16-22,35H,3-5,14-15,23-26H2,1-2H3;1H/q+1;/p-1. The molecule has 5 rings (SSSR count). The first-order chi connectivity index (χ1) is 22.0. The lowest BCUT2D eigenvalue weighted by Crippen LogP contribution is -3.00. The number of ether oxygens (including phenoxy) is 3. The number of hydrogen-bond donors (Lipinski definition) is 0. The molecule has 0 amide bonds. The van der Waals surface area contributed by atoms with Crippen molar-refractivity contribution in [3.05, 3.63) is 113 Å². The van der Waals surface area contributed by atoms with E-state index in [1.807, 2.05) is 42.5 Å². The minimum Gasteiger partial charge on any atom is -1.00 e. The summed E-state index contributed by atoms with van der Waals surface area (Å²) >= 11 is 1.15. The first kappa shape index (κ1) is 35.2. The number of nitrogens with zero attached hydrogens (tertiary/aromatic N) is 3. The Balaban J connectivity index is 0.00000480. The number of carbonyl (C=O) groups is 2. The van der Waals surface area contributed by atoms with Crippen LogP contribution in [-0.4, -0.2) is 51.9 Å². The highest BCUT2D eigenvalue weighted by Crippen LogP contribution is 2.37. The molecule has 0 bridgehead atoms. The van der Waals surface area contributed by atoms with Crippen LogP contribution in [0.15, 0.2) is 91.0 Å². The van der Waals surface area contributed by atoms with Crippen molar-refractivity contribution in [2.45, 2.75) is 51.7 Å². The van der Waals surface area contributed by atoms with Crippen molar-refractivity contribution in [3.63, 3.8) is 0 Å². The van der Waals surface area contributed by atoms with Crippen LogP contribution in [0.5, 0.6) is 11.6 Å². The molecule has 8 nitrogen and oxygen atoms in total. The highest BCUT2D eigenvalue weighted by Gasteiger charge is 2.40. The van der Waals surface area contributed by atoms with Crippen LogP contribution in [0.3, 0.4) is 0 Å². The Bertz CT molecular complexity index is 1600. The molecule has 3 aromatic carbocycles. The zero-order chi connectivity index (χ0) is 31.5. The van der Waals surface area contributed by atoms with Crippen molar-refractivity contribution >= 4 is 29.2 Å². The van der Waals surface area contributed by atoms with E-state index in [2.05, 4.69) is 28.8 Å². The van der Waals surface area contributed by atoms with Crippen LogP contribution in [0.4, 0.5) is 0 Å². The van der Waals surface area contributed by atoms with Crippen LogP contribution < -0.4 is 33.5 Å². The molecule has 2 heterocycles. The number of hydrogen-bond acceptors (Lipinski definition) is 8. The van der Waals surface area contributed by atoms with Crippen molar-refractivity contribution in [2.24, 2.45) is 0 Å². The number of para-hydroxylation sites is 1. The van der Waals surface area contributed by atoms with E-state index >= 15 is 0 Å². The summed E-state index contributed by atoms with van der Waals surface area (Å²) in [5, 5.41) is 0. The smallest absolute Gasteiger partial charge is 0.343 e. The molecular weight excluding hydrogens is 713 g/mol. The van der Waals surface area contributed by atoms with Gasteiger partial charge in [0.05, 0.1) is 49.5 Å². The average Bonchev–Trinajstić information content (AvgIpc) is 3.54. The lowest BCUT2D eigenvalue weighted by atomic mass is 10.0. The number of quaternary nitrogens is 1. The Morgan fingerprint density at radius 1 is 0.913 bits per heavy atom. The van der Waals surface area contributed by atoms with Crippen LogP contribution in [-0.2, 0) is 16.0 Å². The predicted octanol–water partition coefficient (Wildman–Crippen LogP) is 4.44. The van der Waals surface area contributed by atoms with E-state index in [-0.39, 0.29) is 30.4 Å². The number of carbonyl (C=O) groups excluding carboxylic acids is 2. The number of rotatable bonds is 14. The molecule has 0 spiro atoms. The molecule has 0 saturated carbocycles. The molecule has 0 aliphatic carbocycles. The zero-order valence-electron chi connectivity index (χ0n) is 26.3. The van der Waals surface area contributed by atoms with Crippen LogP contribution in [0, 0.1) is 0 Å². The van der Waals surface area contributed by atoms with Gasteiger partial charge in [-0.25, -0.2) is 4.79 Å². The molecule has 1 aliphatic rings. The number of esters is 2. The highest BCUT2D eigenvalue weighted by molar-refractivity contribution is 6.99. The Morgan fingerprint density at radius 3 is 2.39 bits per heavy atom. The SMILES string of the molecule is CCCCCCOc1nsnc1C1=CCC[N+](C)(C(OC(=O)Cc2ccccc2OC(=O)c2ccccc2)c2ccccc2)C1.[I-]. The molecule has 0 N–H and O–H groups in total. The lowest BCUT2D eigenvalue weighted by Gasteiger charge is -2.42. The molecule has 0 radical (unpaired) electrons. The van der Waals surface area contributed by atoms with E-state index in [1.54, 1.807) is 42.5 Å². The summed E-state index contributed by atoms with van der Waals surface area (Å²) in [6.45, 7) is 4.17. The molecular formula is C36H40IN3O5S. The lowest BCUT2D eigenvalue weighted by molar-refractivity contribution is -0.953. The second kappa shape index (κ2) is 17.3. The predicted molar refractivity (Wildman–Crippen MR) is 175 cm³/mol. The molecule has 242 valence electrons. The van der Waals surface area contributed by atoms with Gasteiger partial charge in [-0.1, -0.05) is 86.9 Å². The fourth-order valence-corrected chi connectivity index (χ4v) is 6.12. The Hall–Kier alpha value is -3.61. The Morgan fingerprint density at radius 2 is 1.63 bits per heavy atom. The van der Waals surface area contributed by atoms with Crippen LogP contribution in [0.2, 0.25) is 0 Å². The summed E-state index contributed by atoms with van der Waals surface area (Å²) in [7, 11) is 2.11. The molecule has 0 fully saturated rings. The quantitative estimate of drug-likeness (QED) is 0.0620. The Labute approximate surface area is 292 Å². The fraction of sp³-hybridized carbons (Fsp3) is 0.333. The van der Waals surface area contributed by atoms with E-state index in [0.29, 0.717) is 40.4 Å². The number of unbranched alkanes of at least 4 members (excludes halogenated alkanes) is 3. The van der Waals surface area contributed by atoms with E-state index < -0.39 is 18.2 Å². The first-order valence-corrected chi connectivity index (χ1v) is 16.3. The number of likely N-dealkylation sites (N-methyl/N-ethyl adjacent to an activating group) is 1. The maximum Gasteiger partial charge on any atom is 0.343 e. The van der Waals surface area contributed by atoms with Gasteiger partial charge in [0, 0.05) is 17.6 Å².